The van der Waals surface area contributed by atoms with Crippen LogP contribution >= 0.6 is 11.8 Å². The monoisotopic (exact) mass is 308 g/mol. The number of rotatable bonds is 7. The molecule has 0 radical (unpaired) electrons. The summed E-state index contributed by atoms with van der Waals surface area (Å²) in [6.45, 7) is 2.92. The predicted octanol–water partition coefficient (Wildman–Crippen LogP) is 4.19. The lowest BCUT2D eigenvalue weighted by molar-refractivity contribution is 0.564. The number of pyridine rings is 1. The van der Waals surface area contributed by atoms with E-state index in [-0.39, 0.29) is 17.7 Å². The molecule has 1 aromatic heterocycles. The summed E-state index contributed by atoms with van der Waals surface area (Å²) in [5, 5.41) is 3.38. The molecule has 0 aliphatic heterocycles. The van der Waals surface area contributed by atoms with E-state index in [1.54, 1.807) is 24.0 Å². The lowest BCUT2D eigenvalue weighted by atomic mass is 10.1. The zero-order chi connectivity index (χ0) is 15.1. The number of thioether (sulfide) groups is 1. The summed E-state index contributed by atoms with van der Waals surface area (Å²) < 4.78 is 26.5. The third-order valence-corrected chi connectivity index (χ3v) is 4.07. The number of nitrogens with one attached hydrogen (secondary N) is 1. The Balaban J connectivity index is 2.06. The fourth-order valence-electron chi connectivity index (χ4n) is 1.95. The molecular formula is C16H18F2N2S. The number of nitrogens with zero attached hydrogens (tertiary/aromatic N) is 1. The van der Waals surface area contributed by atoms with Gasteiger partial charge in [0.05, 0.1) is 6.20 Å². The second-order valence-corrected chi connectivity index (χ2v) is 5.80. The summed E-state index contributed by atoms with van der Waals surface area (Å²) in [6, 6.07) is 7.97. The minimum Gasteiger partial charge on any atom is -0.309 e. The maximum absolute atomic E-state index is 13.3. The standard InChI is InChI=1S/C16H18F2N2S/c1-2-6-20-16(12-7-14(18)10-19-9-12)11-21-15-5-3-4-13(17)8-15/h3-5,7-10,16,20H,2,6,11H2,1H3. The SMILES string of the molecule is CCCNC(CSc1cccc(F)c1)c1cncc(F)c1. The molecule has 0 saturated heterocycles. The summed E-state index contributed by atoms with van der Waals surface area (Å²) in [6.07, 6.45) is 3.85. The van der Waals surface area contributed by atoms with Crippen molar-refractivity contribution in [2.24, 2.45) is 0 Å². The summed E-state index contributed by atoms with van der Waals surface area (Å²) in [5.74, 6) is 0.103. The molecule has 0 spiro atoms. The van der Waals surface area contributed by atoms with Gasteiger partial charge in [-0.25, -0.2) is 8.78 Å². The first-order valence-corrected chi connectivity index (χ1v) is 7.90. The van der Waals surface area contributed by atoms with Gasteiger partial charge in [0, 0.05) is 22.9 Å². The van der Waals surface area contributed by atoms with Gasteiger partial charge in [0.1, 0.15) is 11.6 Å². The molecule has 0 fully saturated rings. The van der Waals surface area contributed by atoms with Crippen molar-refractivity contribution in [3.63, 3.8) is 0 Å². The van der Waals surface area contributed by atoms with Crippen LogP contribution < -0.4 is 5.32 Å². The van der Waals surface area contributed by atoms with Crippen molar-refractivity contribution in [1.29, 1.82) is 0 Å². The fourth-order valence-corrected chi connectivity index (χ4v) is 2.99. The first-order chi connectivity index (χ1) is 10.2. The van der Waals surface area contributed by atoms with E-state index in [4.69, 9.17) is 0 Å². The maximum atomic E-state index is 13.3. The fraction of sp³-hybridized carbons (Fsp3) is 0.312. The van der Waals surface area contributed by atoms with Crippen molar-refractivity contribution >= 4 is 11.8 Å². The van der Waals surface area contributed by atoms with Gasteiger partial charge in [0.2, 0.25) is 0 Å². The Bertz CT molecular complexity index is 578. The Morgan fingerprint density at radius 3 is 2.76 bits per heavy atom. The van der Waals surface area contributed by atoms with Crippen LogP contribution in [0.2, 0.25) is 0 Å². The van der Waals surface area contributed by atoms with Gasteiger partial charge in [-0.05, 0) is 42.8 Å². The van der Waals surface area contributed by atoms with Crippen LogP contribution in [-0.4, -0.2) is 17.3 Å². The van der Waals surface area contributed by atoms with Crippen LogP contribution in [-0.2, 0) is 0 Å². The molecule has 0 bridgehead atoms. The summed E-state index contributed by atoms with van der Waals surface area (Å²) >= 11 is 1.54. The normalized spacial score (nSPS) is 12.3. The largest absolute Gasteiger partial charge is 0.309 e. The minimum absolute atomic E-state index is 0.0126. The maximum Gasteiger partial charge on any atom is 0.141 e. The van der Waals surface area contributed by atoms with Crippen LogP contribution in [0.3, 0.4) is 0 Å². The zero-order valence-electron chi connectivity index (χ0n) is 11.9. The number of benzene rings is 1. The van der Waals surface area contributed by atoms with Crippen LogP contribution in [0.1, 0.15) is 24.9 Å². The van der Waals surface area contributed by atoms with Crippen LogP contribution in [0, 0.1) is 11.6 Å². The Labute approximate surface area is 128 Å². The van der Waals surface area contributed by atoms with E-state index in [0.717, 1.165) is 23.4 Å². The lowest BCUT2D eigenvalue weighted by Gasteiger charge is -2.18. The first-order valence-electron chi connectivity index (χ1n) is 6.91. The van der Waals surface area contributed by atoms with Gasteiger partial charge in [-0.3, -0.25) is 4.98 Å². The Morgan fingerprint density at radius 1 is 1.19 bits per heavy atom. The highest BCUT2D eigenvalue weighted by atomic mass is 32.2. The van der Waals surface area contributed by atoms with Gasteiger partial charge in [-0.1, -0.05) is 13.0 Å². The zero-order valence-corrected chi connectivity index (χ0v) is 12.7. The molecule has 2 aromatic rings. The van der Waals surface area contributed by atoms with E-state index in [0.29, 0.717) is 5.75 Å². The van der Waals surface area contributed by atoms with E-state index in [9.17, 15) is 8.78 Å². The van der Waals surface area contributed by atoms with Crippen molar-refractivity contribution < 1.29 is 8.78 Å². The Hall–Kier alpha value is -1.46. The Kier molecular flexibility index (Phi) is 6.14. The molecule has 112 valence electrons. The number of hydrogen-bond acceptors (Lipinski definition) is 3. The van der Waals surface area contributed by atoms with Gasteiger partial charge >= 0.3 is 0 Å². The van der Waals surface area contributed by atoms with Crippen molar-refractivity contribution in [3.8, 4) is 0 Å². The molecule has 0 amide bonds. The van der Waals surface area contributed by atoms with E-state index >= 15 is 0 Å². The minimum atomic E-state index is -0.341. The average molecular weight is 308 g/mol. The molecular weight excluding hydrogens is 290 g/mol. The summed E-state index contributed by atoms with van der Waals surface area (Å²) in [4.78, 5) is 4.76. The highest BCUT2D eigenvalue weighted by Gasteiger charge is 2.12. The van der Waals surface area contributed by atoms with Gasteiger partial charge in [0.15, 0.2) is 0 Å². The van der Waals surface area contributed by atoms with E-state index in [2.05, 4.69) is 17.2 Å². The third kappa shape index (κ3) is 5.10. The predicted molar refractivity (Wildman–Crippen MR) is 82.4 cm³/mol. The second kappa shape index (κ2) is 8.10. The van der Waals surface area contributed by atoms with Crippen molar-refractivity contribution in [2.45, 2.75) is 24.3 Å². The molecule has 21 heavy (non-hydrogen) atoms. The van der Waals surface area contributed by atoms with Crippen molar-refractivity contribution in [2.75, 3.05) is 12.3 Å². The topological polar surface area (TPSA) is 24.9 Å². The van der Waals surface area contributed by atoms with Gasteiger partial charge < -0.3 is 5.32 Å². The second-order valence-electron chi connectivity index (χ2n) is 4.71. The molecule has 0 aliphatic rings. The van der Waals surface area contributed by atoms with E-state index < -0.39 is 0 Å². The first kappa shape index (κ1) is 15.9. The van der Waals surface area contributed by atoms with Crippen LogP contribution in [0.4, 0.5) is 8.78 Å². The third-order valence-electron chi connectivity index (χ3n) is 2.98. The summed E-state index contributed by atoms with van der Waals surface area (Å²) in [7, 11) is 0. The number of aromatic nitrogens is 1. The van der Waals surface area contributed by atoms with E-state index in [1.165, 1.54) is 24.4 Å². The molecule has 2 rings (SSSR count). The number of halogens is 2. The van der Waals surface area contributed by atoms with Crippen LogP contribution in [0.5, 0.6) is 0 Å². The number of hydrogen-bond donors (Lipinski definition) is 1. The van der Waals surface area contributed by atoms with Crippen LogP contribution in [0.25, 0.3) is 0 Å². The van der Waals surface area contributed by atoms with Gasteiger partial charge in [0.25, 0.3) is 0 Å². The van der Waals surface area contributed by atoms with Gasteiger partial charge in [-0.2, -0.15) is 0 Å². The molecule has 1 unspecified atom stereocenters. The molecule has 5 heteroatoms. The molecule has 1 aromatic carbocycles. The summed E-state index contributed by atoms with van der Waals surface area (Å²) in [5.41, 5.74) is 0.812. The highest BCUT2D eigenvalue weighted by molar-refractivity contribution is 7.99. The highest BCUT2D eigenvalue weighted by Crippen LogP contribution is 2.25. The Morgan fingerprint density at radius 2 is 2.05 bits per heavy atom. The van der Waals surface area contributed by atoms with Gasteiger partial charge in [-0.15, -0.1) is 11.8 Å². The lowest BCUT2D eigenvalue weighted by Crippen LogP contribution is -2.24. The van der Waals surface area contributed by atoms with Crippen molar-refractivity contribution in [1.82, 2.24) is 10.3 Å². The smallest absolute Gasteiger partial charge is 0.141 e. The molecule has 0 saturated carbocycles. The average Bonchev–Trinajstić information content (AvgIpc) is 2.47. The quantitative estimate of drug-likeness (QED) is 0.776. The van der Waals surface area contributed by atoms with Crippen LogP contribution in [0.15, 0.2) is 47.6 Å². The van der Waals surface area contributed by atoms with Crippen molar-refractivity contribution in [3.05, 3.63) is 59.9 Å². The molecule has 0 aliphatic carbocycles. The molecule has 1 heterocycles. The van der Waals surface area contributed by atoms with E-state index in [1.807, 2.05) is 6.07 Å². The molecule has 1 N–H and O–H groups in total. The molecule has 2 nitrogen and oxygen atoms in total. The molecule has 1 atom stereocenters.